The molecule has 1 aromatic rings. The van der Waals surface area contributed by atoms with E-state index in [1.807, 2.05) is 13.1 Å². The molecule has 0 spiro atoms. The van der Waals surface area contributed by atoms with E-state index in [0.29, 0.717) is 0 Å². The molecule has 0 aliphatic heterocycles. The zero-order valence-corrected chi connectivity index (χ0v) is 13.8. The van der Waals surface area contributed by atoms with Crippen LogP contribution in [0.15, 0.2) is 22.7 Å². The van der Waals surface area contributed by atoms with Gasteiger partial charge in [0.15, 0.2) is 0 Å². The second kappa shape index (κ2) is 9.34. The minimum absolute atomic E-state index is 0.893. The SMILES string of the molecule is CNCCCCN(C)CCc1ccc(OC)c(Br)c1. The number of nitrogens with one attached hydrogen (secondary N) is 1. The molecule has 0 bridgehead atoms. The number of unbranched alkanes of at least 4 members (excludes halogenated alkanes) is 1. The number of rotatable bonds is 9. The Bertz CT molecular complexity index is 371. The van der Waals surface area contributed by atoms with Crippen LogP contribution in [0.2, 0.25) is 0 Å². The summed E-state index contributed by atoms with van der Waals surface area (Å²) in [7, 11) is 5.89. The van der Waals surface area contributed by atoms with Crippen LogP contribution >= 0.6 is 15.9 Å². The second-order valence-electron chi connectivity index (χ2n) is 4.83. The Hall–Kier alpha value is -0.580. The van der Waals surface area contributed by atoms with E-state index in [-0.39, 0.29) is 0 Å². The Morgan fingerprint density at radius 2 is 2.05 bits per heavy atom. The first kappa shape index (κ1) is 16.5. The van der Waals surface area contributed by atoms with Crippen LogP contribution in [-0.2, 0) is 6.42 Å². The fourth-order valence-electron chi connectivity index (χ4n) is 1.98. The number of benzene rings is 1. The lowest BCUT2D eigenvalue weighted by Crippen LogP contribution is -2.23. The van der Waals surface area contributed by atoms with Crippen LogP contribution in [0.25, 0.3) is 0 Å². The van der Waals surface area contributed by atoms with Crippen molar-refractivity contribution in [2.75, 3.05) is 40.8 Å². The van der Waals surface area contributed by atoms with Gasteiger partial charge >= 0.3 is 0 Å². The summed E-state index contributed by atoms with van der Waals surface area (Å²) in [4.78, 5) is 2.40. The maximum atomic E-state index is 5.24. The molecule has 0 fully saturated rings. The van der Waals surface area contributed by atoms with Gasteiger partial charge in [0.2, 0.25) is 0 Å². The highest BCUT2D eigenvalue weighted by molar-refractivity contribution is 9.10. The summed E-state index contributed by atoms with van der Waals surface area (Å²) in [6.07, 6.45) is 3.57. The second-order valence-corrected chi connectivity index (χ2v) is 5.69. The number of nitrogens with zero attached hydrogens (tertiary/aromatic N) is 1. The highest BCUT2D eigenvalue weighted by atomic mass is 79.9. The first-order valence-electron chi connectivity index (χ1n) is 6.83. The quantitative estimate of drug-likeness (QED) is 0.705. The smallest absolute Gasteiger partial charge is 0.133 e. The lowest BCUT2D eigenvalue weighted by Gasteiger charge is -2.16. The molecule has 4 heteroatoms. The summed E-state index contributed by atoms with van der Waals surface area (Å²) >= 11 is 3.53. The minimum atomic E-state index is 0.893. The summed E-state index contributed by atoms with van der Waals surface area (Å²) in [5, 5.41) is 3.18. The van der Waals surface area contributed by atoms with Gasteiger partial charge in [0.25, 0.3) is 0 Å². The Morgan fingerprint density at radius 1 is 1.26 bits per heavy atom. The van der Waals surface area contributed by atoms with Crippen molar-refractivity contribution in [3.8, 4) is 5.75 Å². The molecule has 0 aliphatic rings. The van der Waals surface area contributed by atoms with Crippen molar-refractivity contribution in [2.24, 2.45) is 0 Å². The molecule has 0 radical (unpaired) electrons. The standard InChI is InChI=1S/C15H25BrN2O/c1-17-9-4-5-10-18(2)11-8-13-6-7-15(19-3)14(16)12-13/h6-7,12,17H,4-5,8-11H2,1-3H3. The average molecular weight is 329 g/mol. The van der Waals surface area contributed by atoms with Crippen LogP contribution in [0, 0.1) is 0 Å². The molecule has 1 aromatic carbocycles. The van der Waals surface area contributed by atoms with Gasteiger partial charge in [0, 0.05) is 6.54 Å². The number of likely N-dealkylation sites (N-methyl/N-ethyl adjacent to an activating group) is 1. The third-order valence-corrected chi connectivity index (χ3v) is 3.83. The molecule has 0 heterocycles. The molecule has 0 unspecified atom stereocenters. The van der Waals surface area contributed by atoms with Crippen LogP contribution in [0.5, 0.6) is 5.75 Å². The maximum Gasteiger partial charge on any atom is 0.133 e. The van der Waals surface area contributed by atoms with Crippen molar-refractivity contribution < 1.29 is 4.74 Å². The predicted octanol–water partition coefficient (Wildman–Crippen LogP) is 2.93. The van der Waals surface area contributed by atoms with E-state index in [2.05, 4.69) is 45.3 Å². The van der Waals surface area contributed by atoms with E-state index >= 15 is 0 Å². The molecule has 0 aromatic heterocycles. The number of methoxy groups -OCH3 is 1. The average Bonchev–Trinajstić information content (AvgIpc) is 2.41. The fraction of sp³-hybridized carbons (Fsp3) is 0.600. The van der Waals surface area contributed by atoms with E-state index in [1.54, 1.807) is 7.11 Å². The number of ether oxygens (including phenoxy) is 1. The molecular formula is C15H25BrN2O. The summed E-state index contributed by atoms with van der Waals surface area (Å²) in [6, 6.07) is 6.30. The molecule has 0 amide bonds. The fourth-order valence-corrected chi connectivity index (χ4v) is 2.57. The van der Waals surface area contributed by atoms with E-state index in [9.17, 15) is 0 Å². The van der Waals surface area contributed by atoms with Crippen LogP contribution in [0.3, 0.4) is 0 Å². The third-order valence-electron chi connectivity index (χ3n) is 3.22. The van der Waals surface area contributed by atoms with Crippen molar-refractivity contribution in [2.45, 2.75) is 19.3 Å². The van der Waals surface area contributed by atoms with Crippen molar-refractivity contribution in [3.63, 3.8) is 0 Å². The van der Waals surface area contributed by atoms with Crippen molar-refractivity contribution in [3.05, 3.63) is 28.2 Å². The largest absolute Gasteiger partial charge is 0.496 e. The van der Waals surface area contributed by atoms with Crippen LogP contribution in [-0.4, -0.2) is 45.7 Å². The van der Waals surface area contributed by atoms with Gasteiger partial charge in [0.1, 0.15) is 5.75 Å². The van der Waals surface area contributed by atoms with Gasteiger partial charge in [-0.15, -0.1) is 0 Å². The molecule has 0 saturated carbocycles. The number of halogens is 1. The summed E-state index contributed by atoms with van der Waals surface area (Å²) in [5.74, 6) is 0.893. The third kappa shape index (κ3) is 6.41. The van der Waals surface area contributed by atoms with Crippen LogP contribution in [0.4, 0.5) is 0 Å². The van der Waals surface area contributed by atoms with Gasteiger partial charge in [-0.05, 0) is 80.1 Å². The lowest BCUT2D eigenvalue weighted by molar-refractivity contribution is 0.329. The Balaban J connectivity index is 2.29. The molecule has 19 heavy (non-hydrogen) atoms. The van der Waals surface area contributed by atoms with E-state index in [4.69, 9.17) is 4.74 Å². The van der Waals surface area contributed by atoms with Crippen molar-refractivity contribution in [1.82, 2.24) is 10.2 Å². The monoisotopic (exact) mass is 328 g/mol. The summed E-state index contributed by atoms with van der Waals surface area (Å²) < 4.78 is 6.27. The number of hydrogen-bond donors (Lipinski definition) is 1. The predicted molar refractivity (Wildman–Crippen MR) is 85.1 cm³/mol. The van der Waals surface area contributed by atoms with Gasteiger partial charge in [-0.25, -0.2) is 0 Å². The highest BCUT2D eigenvalue weighted by Gasteiger charge is 2.03. The summed E-state index contributed by atoms with van der Waals surface area (Å²) in [5.41, 5.74) is 1.34. The number of hydrogen-bond acceptors (Lipinski definition) is 3. The summed E-state index contributed by atoms with van der Waals surface area (Å²) in [6.45, 7) is 3.37. The van der Waals surface area contributed by atoms with Gasteiger partial charge < -0.3 is 15.0 Å². The topological polar surface area (TPSA) is 24.5 Å². The molecule has 0 aliphatic carbocycles. The van der Waals surface area contributed by atoms with Gasteiger partial charge in [0.05, 0.1) is 11.6 Å². The first-order chi connectivity index (χ1) is 9.17. The van der Waals surface area contributed by atoms with Crippen LogP contribution < -0.4 is 10.1 Å². The van der Waals surface area contributed by atoms with Gasteiger partial charge in [-0.1, -0.05) is 6.07 Å². The molecule has 0 atom stereocenters. The maximum absolute atomic E-state index is 5.24. The van der Waals surface area contributed by atoms with Crippen molar-refractivity contribution >= 4 is 15.9 Å². The van der Waals surface area contributed by atoms with E-state index in [0.717, 1.165) is 29.7 Å². The molecule has 0 saturated heterocycles. The van der Waals surface area contributed by atoms with Gasteiger partial charge in [-0.3, -0.25) is 0 Å². The Morgan fingerprint density at radius 3 is 2.68 bits per heavy atom. The Kier molecular flexibility index (Phi) is 8.10. The zero-order valence-electron chi connectivity index (χ0n) is 12.2. The Labute approximate surface area is 125 Å². The van der Waals surface area contributed by atoms with E-state index in [1.165, 1.54) is 24.9 Å². The minimum Gasteiger partial charge on any atom is -0.496 e. The normalized spacial score (nSPS) is 11.0. The van der Waals surface area contributed by atoms with Gasteiger partial charge in [-0.2, -0.15) is 0 Å². The molecular weight excluding hydrogens is 304 g/mol. The molecule has 3 nitrogen and oxygen atoms in total. The van der Waals surface area contributed by atoms with Crippen LogP contribution in [0.1, 0.15) is 18.4 Å². The zero-order chi connectivity index (χ0) is 14.1. The van der Waals surface area contributed by atoms with Crippen molar-refractivity contribution in [1.29, 1.82) is 0 Å². The first-order valence-corrected chi connectivity index (χ1v) is 7.62. The molecule has 1 N–H and O–H groups in total. The molecule has 108 valence electrons. The van der Waals surface area contributed by atoms with E-state index < -0.39 is 0 Å². The molecule has 1 rings (SSSR count). The lowest BCUT2D eigenvalue weighted by atomic mass is 10.1. The highest BCUT2D eigenvalue weighted by Crippen LogP contribution is 2.25.